The van der Waals surface area contributed by atoms with Gasteiger partial charge in [-0.2, -0.15) is 0 Å². The summed E-state index contributed by atoms with van der Waals surface area (Å²) in [5.74, 6) is 0.0976. The SMILES string of the molecule is CCC1CCC(C(=O)N2CCCC[C@@H]2C(=O)O)CC1. The van der Waals surface area contributed by atoms with E-state index in [0.29, 0.717) is 13.0 Å². The van der Waals surface area contributed by atoms with Crippen LogP contribution in [0.2, 0.25) is 0 Å². The maximum atomic E-state index is 12.5. The van der Waals surface area contributed by atoms with Crippen molar-refractivity contribution < 1.29 is 14.7 Å². The lowest BCUT2D eigenvalue weighted by Crippen LogP contribution is -2.50. The summed E-state index contributed by atoms with van der Waals surface area (Å²) in [5.41, 5.74) is 0. The number of hydrogen-bond donors (Lipinski definition) is 1. The van der Waals surface area contributed by atoms with Gasteiger partial charge in [0.05, 0.1) is 0 Å². The largest absolute Gasteiger partial charge is 0.480 e. The molecule has 19 heavy (non-hydrogen) atoms. The summed E-state index contributed by atoms with van der Waals surface area (Å²) in [4.78, 5) is 25.4. The van der Waals surface area contributed by atoms with Crippen LogP contribution in [0, 0.1) is 11.8 Å². The first kappa shape index (κ1) is 14.4. The molecule has 0 aromatic heterocycles. The van der Waals surface area contributed by atoms with Crippen LogP contribution in [0.25, 0.3) is 0 Å². The zero-order chi connectivity index (χ0) is 13.8. The molecule has 1 aliphatic carbocycles. The van der Waals surface area contributed by atoms with Crippen LogP contribution in [-0.4, -0.2) is 34.5 Å². The fourth-order valence-electron chi connectivity index (χ4n) is 3.50. The molecule has 1 saturated heterocycles. The van der Waals surface area contributed by atoms with Gasteiger partial charge in [0, 0.05) is 12.5 Å². The van der Waals surface area contributed by atoms with Crippen LogP contribution in [0.1, 0.15) is 58.3 Å². The summed E-state index contributed by atoms with van der Waals surface area (Å²) in [7, 11) is 0. The summed E-state index contributed by atoms with van der Waals surface area (Å²) < 4.78 is 0. The fourth-order valence-corrected chi connectivity index (χ4v) is 3.50. The average molecular weight is 267 g/mol. The van der Waals surface area contributed by atoms with Crippen molar-refractivity contribution in [3.05, 3.63) is 0 Å². The van der Waals surface area contributed by atoms with Gasteiger partial charge in [0.2, 0.25) is 5.91 Å². The Bertz CT molecular complexity index is 334. The Morgan fingerprint density at radius 1 is 1.11 bits per heavy atom. The molecule has 2 rings (SSSR count). The van der Waals surface area contributed by atoms with Gasteiger partial charge in [-0.25, -0.2) is 4.79 Å². The van der Waals surface area contributed by atoms with E-state index in [-0.39, 0.29) is 11.8 Å². The van der Waals surface area contributed by atoms with Gasteiger partial charge >= 0.3 is 5.97 Å². The van der Waals surface area contributed by atoms with Crippen molar-refractivity contribution in [2.75, 3.05) is 6.54 Å². The molecule has 0 spiro atoms. The molecule has 1 saturated carbocycles. The maximum absolute atomic E-state index is 12.5. The monoisotopic (exact) mass is 267 g/mol. The van der Waals surface area contributed by atoms with E-state index in [2.05, 4.69) is 6.92 Å². The third kappa shape index (κ3) is 3.28. The van der Waals surface area contributed by atoms with Crippen LogP contribution in [0.5, 0.6) is 0 Å². The highest BCUT2D eigenvalue weighted by Gasteiger charge is 2.36. The van der Waals surface area contributed by atoms with Crippen molar-refractivity contribution in [2.24, 2.45) is 11.8 Å². The Morgan fingerprint density at radius 3 is 2.37 bits per heavy atom. The number of hydrogen-bond acceptors (Lipinski definition) is 2. The van der Waals surface area contributed by atoms with Crippen molar-refractivity contribution in [1.29, 1.82) is 0 Å². The standard InChI is InChI=1S/C15H25NO3/c1-2-11-6-8-12(9-7-11)14(17)16-10-4-3-5-13(16)15(18)19/h11-13H,2-10H2,1H3,(H,18,19)/t11?,12?,13-/m1/s1. The molecule has 1 atom stereocenters. The minimum Gasteiger partial charge on any atom is -0.480 e. The van der Waals surface area contributed by atoms with E-state index in [4.69, 9.17) is 0 Å². The molecule has 4 nitrogen and oxygen atoms in total. The molecule has 1 N–H and O–H groups in total. The Labute approximate surface area is 115 Å². The molecular formula is C15H25NO3. The molecule has 0 radical (unpaired) electrons. The van der Waals surface area contributed by atoms with Crippen molar-refractivity contribution in [1.82, 2.24) is 4.90 Å². The molecule has 108 valence electrons. The summed E-state index contributed by atoms with van der Waals surface area (Å²) >= 11 is 0. The molecule has 1 amide bonds. The average Bonchev–Trinajstić information content (AvgIpc) is 2.46. The Hall–Kier alpha value is -1.06. The number of carboxylic acids is 1. The van der Waals surface area contributed by atoms with Gasteiger partial charge in [0.15, 0.2) is 0 Å². The lowest BCUT2D eigenvalue weighted by atomic mass is 9.80. The molecule has 2 fully saturated rings. The van der Waals surface area contributed by atoms with E-state index in [0.717, 1.165) is 44.4 Å². The zero-order valence-corrected chi connectivity index (χ0v) is 11.8. The predicted molar refractivity (Wildman–Crippen MR) is 72.7 cm³/mol. The van der Waals surface area contributed by atoms with Crippen molar-refractivity contribution in [3.8, 4) is 0 Å². The fraction of sp³-hybridized carbons (Fsp3) is 0.867. The van der Waals surface area contributed by atoms with E-state index < -0.39 is 12.0 Å². The van der Waals surface area contributed by atoms with Gasteiger partial charge in [0.25, 0.3) is 0 Å². The minimum absolute atomic E-state index is 0.0720. The van der Waals surface area contributed by atoms with Crippen molar-refractivity contribution >= 4 is 11.9 Å². The van der Waals surface area contributed by atoms with Crippen LogP contribution in [0.4, 0.5) is 0 Å². The quantitative estimate of drug-likeness (QED) is 0.855. The smallest absolute Gasteiger partial charge is 0.326 e. The third-order valence-electron chi connectivity index (χ3n) is 4.84. The van der Waals surface area contributed by atoms with Crippen LogP contribution >= 0.6 is 0 Å². The zero-order valence-electron chi connectivity index (χ0n) is 11.8. The predicted octanol–water partition coefficient (Wildman–Crippen LogP) is 2.67. The first-order chi connectivity index (χ1) is 9.13. The maximum Gasteiger partial charge on any atom is 0.326 e. The van der Waals surface area contributed by atoms with Gasteiger partial charge in [0.1, 0.15) is 6.04 Å². The van der Waals surface area contributed by atoms with E-state index >= 15 is 0 Å². The van der Waals surface area contributed by atoms with Crippen LogP contribution in [-0.2, 0) is 9.59 Å². The Morgan fingerprint density at radius 2 is 1.79 bits per heavy atom. The Balaban J connectivity index is 1.96. The van der Waals surface area contributed by atoms with E-state index in [9.17, 15) is 14.7 Å². The number of amides is 1. The third-order valence-corrected chi connectivity index (χ3v) is 4.84. The van der Waals surface area contributed by atoms with Crippen LogP contribution in [0.3, 0.4) is 0 Å². The van der Waals surface area contributed by atoms with Gasteiger partial charge in [-0.1, -0.05) is 13.3 Å². The number of likely N-dealkylation sites (tertiary alicyclic amines) is 1. The lowest BCUT2D eigenvalue weighted by Gasteiger charge is -2.37. The second kappa shape index (κ2) is 6.40. The summed E-state index contributed by atoms with van der Waals surface area (Å²) in [5, 5.41) is 9.24. The van der Waals surface area contributed by atoms with E-state index in [1.807, 2.05) is 0 Å². The van der Waals surface area contributed by atoms with Gasteiger partial charge in [-0.05, 0) is 50.9 Å². The molecule has 0 unspecified atom stereocenters. The number of aliphatic carboxylic acids is 1. The number of carbonyl (C=O) groups is 2. The van der Waals surface area contributed by atoms with Crippen LogP contribution in [0.15, 0.2) is 0 Å². The molecule has 2 aliphatic rings. The summed E-state index contributed by atoms with van der Waals surface area (Å²) in [6.45, 7) is 2.83. The van der Waals surface area contributed by atoms with E-state index in [1.165, 1.54) is 6.42 Å². The molecule has 4 heteroatoms. The van der Waals surface area contributed by atoms with E-state index in [1.54, 1.807) is 4.90 Å². The first-order valence-corrected chi connectivity index (χ1v) is 7.66. The highest BCUT2D eigenvalue weighted by atomic mass is 16.4. The highest BCUT2D eigenvalue weighted by molar-refractivity contribution is 5.85. The molecule has 1 aliphatic heterocycles. The molecule has 0 aromatic carbocycles. The van der Waals surface area contributed by atoms with Crippen LogP contribution < -0.4 is 0 Å². The van der Waals surface area contributed by atoms with Gasteiger partial charge in [-0.3, -0.25) is 4.79 Å². The minimum atomic E-state index is -0.838. The molecular weight excluding hydrogens is 242 g/mol. The summed E-state index contributed by atoms with van der Waals surface area (Å²) in [6.07, 6.45) is 7.81. The number of nitrogens with zero attached hydrogens (tertiary/aromatic N) is 1. The number of carboxylic acid groups (broad SMARTS) is 1. The second-order valence-corrected chi connectivity index (χ2v) is 6.01. The van der Waals surface area contributed by atoms with Crippen molar-refractivity contribution in [2.45, 2.75) is 64.3 Å². The highest BCUT2D eigenvalue weighted by Crippen LogP contribution is 2.33. The number of piperidine rings is 1. The Kier molecular flexibility index (Phi) is 4.83. The molecule has 1 heterocycles. The lowest BCUT2D eigenvalue weighted by molar-refractivity contribution is -0.154. The topological polar surface area (TPSA) is 57.6 Å². The van der Waals surface area contributed by atoms with Crippen molar-refractivity contribution in [3.63, 3.8) is 0 Å². The normalized spacial score (nSPS) is 32.1. The first-order valence-electron chi connectivity index (χ1n) is 7.66. The van der Waals surface area contributed by atoms with Gasteiger partial charge in [-0.15, -0.1) is 0 Å². The number of carbonyl (C=O) groups excluding carboxylic acids is 1. The van der Waals surface area contributed by atoms with Gasteiger partial charge < -0.3 is 10.0 Å². The molecule has 0 bridgehead atoms. The number of rotatable bonds is 3. The molecule has 0 aromatic rings. The second-order valence-electron chi connectivity index (χ2n) is 6.01. The summed E-state index contributed by atoms with van der Waals surface area (Å²) in [6, 6.07) is -0.579.